The predicted molar refractivity (Wildman–Crippen MR) is 101 cm³/mol. The summed E-state index contributed by atoms with van der Waals surface area (Å²) in [5.41, 5.74) is -0.666. The number of nitrogens with one attached hydrogen (secondary N) is 2. The summed E-state index contributed by atoms with van der Waals surface area (Å²) >= 11 is 0. The van der Waals surface area contributed by atoms with Crippen LogP contribution < -0.4 is 10.6 Å². The molecule has 2 saturated heterocycles. The maximum absolute atomic E-state index is 12.9. The van der Waals surface area contributed by atoms with Crippen molar-refractivity contribution in [3.05, 3.63) is 0 Å². The second kappa shape index (κ2) is 11.0. The van der Waals surface area contributed by atoms with Gasteiger partial charge >= 0.3 is 0 Å². The molecule has 0 aromatic carbocycles. The molecule has 2 aliphatic rings. The van der Waals surface area contributed by atoms with Crippen LogP contribution in [0.2, 0.25) is 0 Å². The van der Waals surface area contributed by atoms with Crippen molar-refractivity contribution in [2.24, 2.45) is 5.92 Å². The molecule has 2 rings (SSSR count). The molecule has 0 atom stereocenters. The zero-order valence-corrected chi connectivity index (χ0v) is 16.5. The number of methoxy groups -OCH3 is 1. The lowest BCUT2D eigenvalue weighted by atomic mass is 9.88. The van der Waals surface area contributed by atoms with Gasteiger partial charge in [-0.2, -0.15) is 0 Å². The Hall–Kier alpha value is -0.850. The Bertz CT molecular complexity index is 420. The molecule has 6 nitrogen and oxygen atoms in total. The third-order valence-electron chi connectivity index (χ3n) is 5.42. The second-order valence-corrected chi connectivity index (χ2v) is 7.01. The van der Waals surface area contributed by atoms with Crippen LogP contribution in [0.3, 0.4) is 0 Å². The van der Waals surface area contributed by atoms with Gasteiger partial charge in [0.25, 0.3) is 5.91 Å². The maximum Gasteiger partial charge on any atom is 0.254 e. The summed E-state index contributed by atoms with van der Waals surface area (Å²) in [7, 11) is 1.64. The number of carbonyl (C=O) groups is 2. The summed E-state index contributed by atoms with van der Waals surface area (Å²) < 4.78 is 5.63. The van der Waals surface area contributed by atoms with Gasteiger partial charge in [-0.1, -0.05) is 19.8 Å². The Kier molecular flexibility index (Phi) is 9.75. The topological polar surface area (TPSA) is 70.7 Å². The van der Waals surface area contributed by atoms with Crippen molar-refractivity contribution in [3.63, 3.8) is 0 Å². The molecule has 2 aliphatic heterocycles. The molecule has 2 heterocycles. The first-order valence-electron chi connectivity index (χ1n) is 9.46. The summed E-state index contributed by atoms with van der Waals surface area (Å²) in [4.78, 5) is 27.0. The van der Waals surface area contributed by atoms with Crippen LogP contribution in [0.4, 0.5) is 0 Å². The van der Waals surface area contributed by atoms with E-state index in [4.69, 9.17) is 4.74 Å². The van der Waals surface area contributed by atoms with E-state index in [1.165, 1.54) is 0 Å². The highest BCUT2D eigenvalue weighted by Gasteiger charge is 2.43. The fourth-order valence-corrected chi connectivity index (χ4v) is 3.70. The molecule has 0 aliphatic carbocycles. The number of halogens is 1. The minimum absolute atomic E-state index is 0. The van der Waals surface area contributed by atoms with E-state index in [2.05, 4.69) is 17.6 Å². The van der Waals surface area contributed by atoms with Gasteiger partial charge in [-0.15, -0.1) is 12.4 Å². The third-order valence-corrected chi connectivity index (χ3v) is 5.42. The van der Waals surface area contributed by atoms with Crippen LogP contribution in [0.1, 0.15) is 51.9 Å². The molecule has 2 amide bonds. The molecule has 0 saturated carbocycles. The van der Waals surface area contributed by atoms with E-state index in [0.29, 0.717) is 13.1 Å². The molecule has 0 spiro atoms. The van der Waals surface area contributed by atoms with Gasteiger partial charge < -0.3 is 20.3 Å². The summed E-state index contributed by atoms with van der Waals surface area (Å²) in [6.07, 6.45) is 6.31. The van der Waals surface area contributed by atoms with Gasteiger partial charge in [0.1, 0.15) is 5.60 Å². The van der Waals surface area contributed by atoms with E-state index in [9.17, 15) is 9.59 Å². The van der Waals surface area contributed by atoms with Crippen molar-refractivity contribution < 1.29 is 14.3 Å². The largest absolute Gasteiger partial charge is 0.368 e. The van der Waals surface area contributed by atoms with E-state index in [1.54, 1.807) is 7.11 Å². The Labute approximate surface area is 157 Å². The summed E-state index contributed by atoms with van der Waals surface area (Å²) in [5, 5.41) is 6.32. The number of rotatable bonds is 7. The number of unbranched alkanes of at least 4 members (excludes halogenated alkanes) is 2. The van der Waals surface area contributed by atoms with Crippen LogP contribution in [0.15, 0.2) is 0 Å². The highest BCUT2D eigenvalue weighted by Crippen LogP contribution is 2.28. The molecule has 2 N–H and O–H groups in total. The van der Waals surface area contributed by atoms with Gasteiger partial charge in [0.15, 0.2) is 0 Å². The first kappa shape index (κ1) is 22.2. The molecule has 0 radical (unpaired) electrons. The van der Waals surface area contributed by atoms with Crippen LogP contribution in [0.5, 0.6) is 0 Å². The Morgan fingerprint density at radius 3 is 2.40 bits per heavy atom. The number of nitrogens with zero attached hydrogens (tertiary/aromatic N) is 1. The molecular weight excluding hydrogens is 342 g/mol. The number of hydrogen-bond donors (Lipinski definition) is 2. The van der Waals surface area contributed by atoms with E-state index >= 15 is 0 Å². The SMILES string of the molecule is CCCCCNC(=O)C1CCN(C(=O)C2(OC)CCNCC2)CC1.Cl. The maximum atomic E-state index is 12.9. The summed E-state index contributed by atoms with van der Waals surface area (Å²) in [6, 6.07) is 0. The number of amides is 2. The van der Waals surface area contributed by atoms with E-state index in [1.807, 2.05) is 4.90 Å². The molecule has 0 aromatic rings. The van der Waals surface area contributed by atoms with Gasteiger partial charge in [0, 0.05) is 32.7 Å². The Balaban J connectivity index is 0.00000312. The molecule has 7 heteroatoms. The Morgan fingerprint density at radius 1 is 1.20 bits per heavy atom. The smallest absolute Gasteiger partial charge is 0.254 e. The highest BCUT2D eigenvalue weighted by atomic mass is 35.5. The third kappa shape index (κ3) is 5.83. The molecule has 25 heavy (non-hydrogen) atoms. The van der Waals surface area contributed by atoms with Crippen LogP contribution in [0.25, 0.3) is 0 Å². The predicted octanol–water partition coefficient (Wildman–Crippen LogP) is 1.72. The van der Waals surface area contributed by atoms with Gasteiger partial charge in [-0.25, -0.2) is 0 Å². The number of hydrogen-bond acceptors (Lipinski definition) is 4. The molecule has 0 unspecified atom stereocenters. The summed E-state index contributed by atoms with van der Waals surface area (Å²) in [5.74, 6) is 0.303. The molecule has 0 bridgehead atoms. The number of likely N-dealkylation sites (tertiary alicyclic amines) is 1. The van der Waals surface area contributed by atoms with Crippen LogP contribution in [-0.2, 0) is 14.3 Å². The zero-order chi connectivity index (χ0) is 17.4. The molecule has 146 valence electrons. The van der Waals surface area contributed by atoms with Crippen molar-refractivity contribution in [1.29, 1.82) is 0 Å². The van der Waals surface area contributed by atoms with Crippen LogP contribution in [0, 0.1) is 5.92 Å². The van der Waals surface area contributed by atoms with E-state index in [-0.39, 0.29) is 30.1 Å². The van der Waals surface area contributed by atoms with Gasteiger partial charge in [-0.05, 0) is 45.2 Å². The first-order chi connectivity index (χ1) is 11.6. The second-order valence-electron chi connectivity index (χ2n) is 7.01. The van der Waals surface area contributed by atoms with Gasteiger partial charge in [0.05, 0.1) is 0 Å². The van der Waals surface area contributed by atoms with Crippen molar-refractivity contribution in [2.75, 3.05) is 39.8 Å². The number of carbonyl (C=O) groups excluding carboxylic acids is 2. The van der Waals surface area contributed by atoms with E-state index in [0.717, 1.165) is 64.6 Å². The lowest BCUT2D eigenvalue weighted by Gasteiger charge is -2.41. The first-order valence-corrected chi connectivity index (χ1v) is 9.46. The van der Waals surface area contributed by atoms with Gasteiger partial charge in [-0.3, -0.25) is 9.59 Å². The lowest BCUT2D eigenvalue weighted by Crippen LogP contribution is -2.57. The average Bonchev–Trinajstić information content (AvgIpc) is 2.65. The fourth-order valence-electron chi connectivity index (χ4n) is 3.70. The molecule has 0 aromatic heterocycles. The molecular formula is C18H34ClN3O3. The normalized spacial score (nSPS) is 20.6. The van der Waals surface area contributed by atoms with Crippen LogP contribution in [-0.4, -0.2) is 62.1 Å². The monoisotopic (exact) mass is 375 g/mol. The van der Waals surface area contributed by atoms with Crippen molar-refractivity contribution in [2.45, 2.75) is 57.5 Å². The zero-order valence-electron chi connectivity index (χ0n) is 15.6. The van der Waals surface area contributed by atoms with Gasteiger partial charge in [0.2, 0.25) is 5.91 Å². The fraction of sp³-hybridized carbons (Fsp3) is 0.889. The lowest BCUT2D eigenvalue weighted by molar-refractivity contribution is -0.160. The average molecular weight is 376 g/mol. The van der Waals surface area contributed by atoms with Crippen LogP contribution >= 0.6 is 12.4 Å². The Morgan fingerprint density at radius 2 is 1.84 bits per heavy atom. The van der Waals surface area contributed by atoms with Crippen molar-refractivity contribution in [3.8, 4) is 0 Å². The number of piperidine rings is 2. The summed E-state index contributed by atoms with van der Waals surface area (Å²) in [6.45, 7) is 5.87. The minimum Gasteiger partial charge on any atom is -0.368 e. The number of ether oxygens (including phenoxy) is 1. The standard InChI is InChI=1S/C18H33N3O3.ClH/c1-3-4-5-10-20-16(22)15-6-13-21(14-7-15)17(23)18(24-2)8-11-19-12-9-18;/h15,19H,3-14H2,1-2H3,(H,20,22);1H. The quantitative estimate of drug-likeness (QED) is 0.665. The highest BCUT2D eigenvalue weighted by molar-refractivity contribution is 5.86. The molecule has 2 fully saturated rings. The minimum atomic E-state index is -0.666. The van der Waals surface area contributed by atoms with Crippen molar-refractivity contribution in [1.82, 2.24) is 15.5 Å². The van der Waals surface area contributed by atoms with Crippen molar-refractivity contribution >= 4 is 24.2 Å². The van der Waals surface area contributed by atoms with E-state index < -0.39 is 5.60 Å².